The van der Waals surface area contributed by atoms with Gasteiger partial charge in [0.2, 0.25) is 10.0 Å². The average molecular weight is 366 g/mol. The van der Waals surface area contributed by atoms with E-state index in [0.717, 1.165) is 17.5 Å². The second-order valence-corrected chi connectivity index (χ2v) is 8.22. The molecule has 0 bridgehead atoms. The van der Waals surface area contributed by atoms with Crippen LogP contribution in [0.15, 0.2) is 53.4 Å². The number of hydrogen-bond acceptors (Lipinski definition) is 2. The van der Waals surface area contributed by atoms with Gasteiger partial charge >= 0.3 is 0 Å². The summed E-state index contributed by atoms with van der Waals surface area (Å²) in [4.78, 5) is 0.390. The molecule has 0 radical (unpaired) electrons. The van der Waals surface area contributed by atoms with Gasteiger partial charge in [-0.05, 0) is 42.2 Å². The highest BCUT2D eigenvalue weighted by Gasteiger charge is 2.33. The largest absolute Gasteiger partial charge is 0.241 e. The second-order valence-electron chi connectivity index (χ2n) is 5.33. The minimum atomic E-state index is -3.52. The van der Waals surface area contributed by atoms with Crippen molar-refractivity contribution in [3.05, 3.63) is 65.2 Å². The standard InChI is InChI=1S/C16H16BrNO2S/c1-11-5-4-7-13(9-11)21(19,20)18-16-14-8-3-2-6-12(14)10-15(16)17/h2-9,15-16,18H,10H2,1H3. The third-order valence-electron chi connectivity index (χ3n) is 3.75. The van der Waals surface area contributed by atoms with E-state index in [2.05, 4.69) is 20.7 Å². The maximum atomic E-state index is 12.6. The molecule has 2 atom stereocenters. The summed E-state index contributed by atoms with van der Waals surface area (Å²) in [5, 5.41) is 0. The molecule has 21 heavy (non-hydrogen) atoms. The number of aryl methyl sites for hydroxylation is 1. The van der Waals surface area contributed by atoms with Gasteiger partial charge in [0.25, 0.3) is 0 Å². The van der Waals surface area contributed by atoms with Crippen molar-refractivity contribution in [2.24, 2.45) is 0 Å². The molecule has 3 rings (SSSR count). The minimum absolute atomic E-state index is 0.0782. The molecule has 0 fully saturated rings. The fourth-order valence-electron chi connectivity index (χ4n) is 2.70. The first-order valence-corrected chi connectivity index (χ1v) is 9.18. The molecule has 0 saturated heterocycles. The Morgan fingerprint density at radius 1 is 1.14 bits per heavy atom. The zero-order valence-electron chi connectivity index (χ0n) is 11.6. The van der Waals surface area contributed by atoms with Crippen LogP contribution in [0, 0.1) is 6.92 Å². The van der Waals surface area contributed by atoms with E-state index in [1.165, 1.54) is 5.56 Å². The second kappa shape index (κ2) is 5.55. The van der Waals surface area contributed by atoms with Gasteiger partial charge in [-0.1, -0.05) is 52.3 Å². The molecule has 2 aromatic carbocycles. The van der Waals surface area contributed by atoms with Crippen molar-refractivity contribution in [1.82, 2.24) is 4.72 Å². The first kappa shape index (κ1) is 14.8. The lowest BCUT2D eigenvalue weighted by Crippen LogP contribution is -2.31. The highest BCUT2D eigenvalue weighted by Crippen LogP contribution is 2.36. The molecule has 110 valence electrons. The Morgan fingerprint density at radius 3 is 2.67 bits per heavy atom. The molecule has 0 heterocycles. The predicted octanol–water partition coefficient (Wildman–Crippen LogP) is 3.33. The van der Waals surface area contributed by atoms with Crippen molar-refractivity contribution >= 4 is 26.0 Å². The SMILES string of the molecule is Cc1cccc(S(=O)(=O)NC2c3ccccc3CC2Br)c1. The summed E-state index contributed by atoms with van der Waals surface area (Å²) in [5.74, 6) is 0. The molecule has 0 spiro atoms. The molecule has 1 N–H and O–H groups in total. The Balaban J connectivity index is 1.93. The van der Waals surface area contributed by atoms with Crippen LogP contribution in [0.4, 0.5) is 0 Å². The van der Waals surface area contributed by atoms with Crippen molar-refractivity contribution in [2.75, 3.05) is 0 Å². The van der Waals surface area contributed by atoms with Crippen LogP contribution >= 0.6 is 15.9 Å². The lowest BCUT2D eigenvalue weighted by atomic mass is 10.1. The van der Waals surface area contributed by atoms with Crippen molar-refractivity contribution in [2.45, 2.75) is 29.1 Å². The summed E-state index contributed by atoms with van der Waals surface area (Å²) >= 11 is 3.60. The molecule has 3 nitrogen and oxygen atoms in total. The smallest absolute Gasteiger partial charge is 0.207 e. The maximum Gasteiger partial charge on any atom is 0.241 e. The predicted molar refractivity (Wildman–Crippen MR) is 87.1 cm³/mol. The number of hydrogen-bond donors (Lipinski definition) is 1. The van der Waals surface area contributed by atoms with Crippen LogP contribution < -0.4 is 4.72 Å². The van der Waals surface area contributed by atoms with Crippen LogP contribution in [-0.2, 0) is 16.4 Å². The molecule has 0 aromatic heterocycles. The third-order valence-corrected chi connectivity index (χ3v) is 6.04. The van der Waals surface area contributed by atoms with Crippen LogP contribution in [-0.4, -0.2) is 13.2 Å². The molecular formula is C16H16BrNO2S. The number of halogens is 1. The number of rotatable bonds is 3. The number of fused-ring (bicyclic) bond motifs is 1. The number of alkyl halides is 1. The van der Waals surface area contributed by atoms with Gasteiger partial charge in [0.1, 0.15) is 0 Å². The van der Waals surface area contributed by atoms with E-state index in [1.54, 1.807) is 18.2 Å². The summed E-state index contributed by atoms with van der Waals surface area (Å²) in [6, 6.07) is 14.7. The monoisotopic (exact) mass is 365 g/mol. The fourth-order valence-corrected chi connectivity index (χ4v) is 5.00. The molecule has 1 aliphatic rings. The highest BCUT2D eigenvalue weighted by atomic mass is 79.9. The Kier molecular flexibility index (Phi) is 3.90. The summed E-state index contributed by atoms with van der Waals surface area (Å²) in [6.07, 6.45) is 0.831. The van der Waals surface area contributed by atoms with E-state index in [-0.39, 0.29) is 10.9 Å². The zero-order chi connectivity index (χ0) is 15.0. The van der Waals surface area contributed by atoms with E-state index in [4.69, 9.17) is 0 Å². The normalized spacial score (nSPS) is 21.2. The molecule has 2 aromatic rings. The summed E-state index contributed by atoms with van der Waals surface area (Å²) < 4.78 is 28.0. The lowest BCUT2D eigenvalue weighted by Gasteiger charge is -2.18. The van der Waals surface area contributed by atoms with Gasteiger partial charge in [0.15, 0.2) is 0 Å². The molecule has 2 unspecified atom stereocenters. The maximum absolute atomic E-state index is 12.6. The zero-order valence-corrected chi connectivity index (χ0v) is 14.0. The van der Waals surface area contributed by atoms with E-state index in [0.29, 0.717) is 4.90 Å². The summed E-state index contributed by atoms with van der Waals surface area (Å²) in [7, 11) is -3.52. The quantitative estimate of drug-likeness (QED) is 0.847. The van der Waals surface area contributed by atoms with Gasteiger partial charge in [-0.15, -0.1) is 0 Å². The van der Waals surface area contributed by atoms with Crippen molar-refractivity contribution < 1.29 is 8.42 Å². The summed E-state index contributed by atoms with van der Waals surface area (Å²) in [5.41, 5.74) is 3.17. The molecular weight excluding hydrogens is 350 g/mol. The van der Waals surface area contributed by atoms with Gasteiger partial charge in [-0.25, -0.2) is 13.1 Å². The Bertz CT molecular complexity index is 773. The van der Waals surface area contributed by atoms with Crippen LogP contribution in [0.2, 0.25) is 0 Å². The Labute approximate surface area is 133 Å². The van der Waals surface area contributed by atoms with Crippen LogP contribution in [0.1, 0.15) is 22.7 Å². The molecule has 0 amide bonds. The van der Waals surface area contributed by atoms with E-state index >= 15 is 0 Å². The van der Waals surface area contributed by atoms with E-state index < -0.39 is 10.0 Å². The first-order valence-electron chi connectivity index (χ1n) is 6.78. The van der Waals surface area contributed by atoms with E-state index in [1.807, 2.05) is 37.3 Å². The van der Waals surface area contributed by atoms with Gasteiger partial charge in [0, 0.05) is 4.83 Å². The van der Waals surface area contributed by atoms with Gasteiger partial charge in [-0.3, -0.25) is 0 Å². The van der Waals surface area contributed by atoms with Gasteiger partial charge < -0.3 is 0 Å². The molecule has 0 saturated carbocycles. The van der Waals surface area contributed by atoms with E-state index in [9.17, 15) is 8.42 Å². The number of benzene rings is 2. The van der Waals surface area contributed by atoms with Crippen molar-refractivity contribution in [3.63, 3.8) is 0 Å². The lowest BCUT2D eigenvalue weighted by molar-refractivity contribution is 0.559. The van der Waals surface area contributed by atoms with Gasteiger partial charge in [-0.2, -0.15) is 0 Å². The topological polar surface area (TPSA) is 46.2 Å². The number of nitrogens with one attached hydrogen (secondary N) is 1. The number of sulfonamides is 1. The average Bonchev–Trinajstić information content (AvgIpc) is 2.75. The van der Waals surface area contributed by atoms with Crippen LogP contribution in [0.25, 0.3) is 0 Å². The van der Waals surface area contributed by atoms with Crippen LogP contribution in [0.3, 0.4) is 0 Å². The van der Waals surface area contributed by atoms with Crippen LogP contribution in [0.5, 0.6) is 0 Å². The highest BCUT2D eigenvalue weighted by molar-refractivity contribution is 9.09. The van der Waals surface area contributed by atoms with Gasteiger partial charge in [0.05, 0.1) is 10.9 Å². The van der Waals surface area contributed by atoms with Crippen molar-refractivity contribution in [3.8, 4) is 0 Å². The Morgan fingerprint density at radius 2 is 1.90 bits per heavy atom. The molecule has 5 heteroatoms. The summed E-state index contributed by atoms with van der Waals surface area (Å²) in [6.45, 7) is 1.89. The molecule has 0 aliphatic heterocycles. The first-order chi connectivity index (χ1) is 9.97. The third kappa shape index (κ3) is 2.91. The minimum Gasteiger partial charge on any atom is -0.207 e. The fraction of sp³-hybridized carbons (Fsp3) is 0.250. The van der Waals surface area contributed by atoms with Crippen molar-refractivity contribution in [1.29, 1.82) is 0 Å². The molecule has 1 aliphatic carbocycles. The Hall–Kier alpha value is -1.17.